The van der Waals surface area contributed by atoms with Crippen molar-refractivity contribution in [2.75, 3.05) is 11.9 Å². The van der Waals surface area contributed by atoms with Crippen molar-refractivity contribution in [1.29, 1.82) is 0 Å². The molecule has 3 aromatic rings. The van der Waals surface area contributed by atoms with Crippen molar-refractivity contribution in [3.8, 4) is 5.75 Å². The van der Waals surface area contributed by atoms with Gasteiger partial charge in [0.1, 0.15) is 5.75 Å². The molecule has 0 aliphatic carbocycles. The van der Waals surface area contributed by atoms with Crippen LogP contribution >= 0.6 is 15.9 Å². The number of rotatable bonds is 3. The van der Waals surface area contributed by atoms with Crippen LogP contribution in [0, 0.1) is 13.8 Å². The molecule has 3 aromatic carbocycles. The molecule has 0 spiro atoms. The van der Waals surface area contributed by atoms with Gasteiger partial charge in [-0.15, -0.1) is 0 Å². The van der Waals surface area contributed by atoms with E-state index in [0.29, 0.717) is 12.2 Å². The number of carbonyl (C=O) groups excluding carboxylic acids is 1. The fourth-order valence-corrected chi connectivity index (χ4v) is 4.95. The van der Waals surface area contributed by atoms with Crippen molar-refractivity contribution in [2.45, 2.75) is 32.2 Å². The summed E-state index contributed by atoms with van der Waals surface area (Å²) in [6, 6.07) is 22.6. The first-order valence-electron chi connectivity index (χ1n) is 9.81. The van der Waals surface area contributed by atoms with Crippen LogP contribution in [0.2, 0.25) is 0 Å². The minimum Gasteiger partial charge on any atom is -0.426 e. The second-order valence-corrected chi connectivity index (χ2v) is 8.59. The Balaban J connectivity index is 1.70. The van der Waals surface area contributed by atoms with E-state index in [2.05, 4.69) is 46.1 Å². The lowest BCUT2D eigenvalue weighted by atomic mass is 9.83. The van der Waals surface area contributed by atoms with Crippen LogP contribution in [0.3, 0.4) is 0 Å². The third kappa shape index (κ3) is 3.82. The zero-order valence-corrected chi connectivity index (χ0v) is 18.4. The summed E-state index contributed by atoms with van der Waals surface area (Å²) < 4.78 is 6.96. The molecule has 0 amide bonds. The standard InChI is InChI=1S/C25H24BrNO2/c1-16-13-19(26)14-17(2)24(16)29-25(28)21-15-23(18-9-5-4-6-10-18)27(3)22-12-8-7-11-20(21)22/h4-14,21,23H,15H2,1-3H3. The summed E-state index contributed by atoms with van der Waals surface area (Å²) in [4.78, 5) is 15.6. The van der Waals surface area contributed by atoms with Crippen molar-refractivity contribution in [3.05, 3.63) is 93.5 Å². The minimum absolute atomic E-state index is 0.121. The summed E-state index contributed by atoms with van der Waals surface area (Å²) in [5, 5.41) is 0. The Morgan fingerprint density at radius 2 is 1.62 bits per heavy atom. The first-order valence-corrected chi connectivity index (χ1v) is 10.6. The summed E-state index contributed by atoms with van der Waals surface area (Å²) >= 11 is 3.51. The van der Waals surface area contributed by atoms with Crippen molar-refractivity contribution in [3.63, 3.8) is 0 Å². The quantitative estimate of drug-likeness (QED) is 0.345. The van der Waals surface area contributed by atoms with Crippen LogP contribution < -0.4 is 9.64 Å². The van der Waals surface area contributed by atoms with Crippen molar-refractivity contribution < 1.29 is 9.53 Å². The molecule has 2 unspecified atom stereocenters. The van der Waals surface area contributed by atoms with Crippen molar-refractivity contribution in [2.24, 2.45) is 0 Å². The first kappa shape index (κ1) is 19.7. The number of aryl methyl sites for hydroxylation is 2. The summed E-state index contributed by atoms with van der Waals surface area (Å²) in [7, 11) is 2.10. The summed E-state index contributed by atoms with van der Waals surface area (Å²) in [5.41, 5.74) is 5.22. The predicted octanol–water partition coefficient (Wildman–Crippen LogP) is 6.34. The molecule has 0 saturated carbocycles. The highest BCUT2D eigenvalue weighted by Crippen LogP contribution is 2.44. The number of esters is 1. The molecule has 0 bridgehead atoms. The molecule has 0 radical (unpaired) electrons. The van der Waals surface area contributed by atoms with Crippen LogP contribution in [0.1, 0.15) is 40.6 Å². The number of hydrogen-bond acceptors (Lipinski definition) is 3. The number of fused-ring (bicyclic) bond motifs is 1. The lowest BCUT2D eigenvalue weighted by Crippen LogP contribution is -2.35. The minimum atomic E-state index is -0.310. The fraction of sp³-hybridized carbons (Fsp3) is 0.240. The second kappa shape index (κ2) is 8.03. The molecule has 0 aromatic heterocycles. The smallest absolute Gasteiger partial charge is 0.318 e. The van der Waals surface area contributed by atoms with Crippen LogP contribution in [-0.4, -0.2) is 13.0 Å². The maximum absolute atomic E-state index is 13.4. The second-order valence-electron chi connectivity index (χ2n) is 7.67. The molecular formula is C25H24BrNO2. The predicted molar refractivity (Wildman–Crippen MR) is 121 cm³/mol. The highest BCUT2D eigenvalue weighted by Gasteiger charge is 2.36. The zero-order chi connectivity index (χ0) is 20.5. The Kier molecular flexibility index (Phi) is 5.46. The van der Waals surface area contributed by atoms with E-state index in [1.54, 1.807) is 0 Å². The van der Waals surface area contributed by atoms with Crippen LogP contribution in [0.5, 0.6) is 5.75 Å². The van der Waals surface area contributed by atoms with Crippen molar-refractivity contribution >= 4 is 27.6 Å². The third-order valence-corrected chi connectivity index (χ3v) is 6.17. The normalized spacial score (nSPS) is 18.3. The van der Waals surface area contributed by atoms with Gasteiger partial charge in [0.2, 0.25) is 0 Å². The van der Waals surface area contributed by atoms with Gasteiger partial charge in [0.15, 0.2) is 0 Å². The molecule has 1 aliphatic heterocycles. The Morgan fingerprint density at radius 1 is 1.00 bits per heavy atom. The van der Waals surface area contributed by atoms with E-state index in [1.807, 2.05) is 62.4 Å². The Hall–Kier alpha value is -2.59. The molecule has 1 aliphatic rings. The number of carbonyl (C=O) groups is 1. The number of nitrogens with zero attached hydrogens (tertiary/aromatic N) is 1. The number of halogens is 1. The van der Waals surface area contributed by atoms with E-state index < -0.39 is 0 Å². The molecular weight excluding hydrogens is 426 g/mol. The molecule has 0 fully saturated rings. The molecule has 3 nitrogen and oxygen atoms in total. The molecule has 2 atom stereocenters. The lowest BCUT2D eigenvalue weighted by Gasteiger charge is -2.39. The number of ether oxygens (including phenoxy) is 1. The molecule has 1 heterocycles. The van der Waals surface area contributed by atoms with E-state index in [1.165, 1.54) is 5.56 Å². The highest BCUT2D eigenvalue weighted by molar-refractivity contribution is 9.10. The molecule has 4 heteroatoms. The van der Waals surface area contributed by atoms with Gasteiger partial charge in [-0.25, -0.2) is 0 Å². The maximum Gasteiger partial charge on any atom is 0.318 e. The van der Waals surface area contributed by atoms with E-state index >= 15 is 0 Å². The molecule has 148 valence electrons. The van der Waals surface area contributed by atoms with E-state index in [4.69, 9.17) is 4.74 Å². The van der Waals surface area contributed by atoms with Gasteiger partial charge in [0.05, 0.1) is 12.0 Å². The Morgan fingerprint density at radius 3 is 2.31 bits per heavy atom. The van der Waals surface area contributed by atoms with E-state index in [9.17, 15) is 4.79 Å². The average Bonchev–Trinajstić information content (AvgIpc) is 2.71. The van der Waals surface area contributed by atoms with Gasteiger partial charge in [-0.05, 0) is 60.7 Å². The van der Waals surface area contributed by atoms with Gasteiger partial charge in [-0.3, -0.25) is 4.79 Å². The van der Waals surface area contributed by atoms with E-state index in [0.717, 1.165) is 26.9 Å². The van der Waals surface area contributed by atoms with Gasteiger partial charge in [0, 0.05) is 17.2 Å². The SMILES string of the molecule is Cc1cc(Br)cc(C)c1OC(=O)C1CC(c2ccccc2)N(C)c2ccccc21. The summed E-state index contributed by atoms with van der Waals surface area (Å²) in [6.07, 6.45) is 0.685. The average molecular weight is 450 g/mol. The Labute approximate surface area is 180 Å². The molecule has 29 heavy (non-hydrogen) atoms. The molecule has 0 N–H and O–H groups in total. The van der Waals surface area contributed by atoms with Gasteiger partial charge in [-0.1, -0.05) is 64.5 Å². The molecule has 4 rings (SSSR count). The van der Waals surface area contributed by atoms with Crippen LogP contribution in [0.15, 0.2) is 71.2 Å². The largest absolute Gasteiger partial charge is 0.426 e. The van der Waals surface area contributed by atoms with Gasteiger partial charge < -0.3 is 9.64 Å². The van der Waals surface area contributed by atoms with Crippen LogP contribution in [0.25, 0.3) is 0 Å². The fourth-order valence-electron chi connectivity index (χ4n) is 4.27. The zero-order valence-electron chi connectivity index (χ0n) is 16.9. The summed E-state index contributed by atoms with van der Waals surface area (Å²) in [6.45, 7) is 3.94. The highest BCUT2D eigenvalue weighted by atomic mass is 79.9. The first-order chi connectivity index (χ1) is 14.0. The number of anilines is 1. The summed E-state index contributed by atoms with van der Waals surface area (Å²) in [5.74, 6) is 0.154. The van der Waals surface area contributed by atoms with Crippen LogP contribution in [0.4, 0.5) is 5.69 Å². The maximum atomic E-state index is 13.4. The third-order valence-electron chi connectivity index (χ3n) is 5.72. The lowest BCUT2D eigenvalue weighted by molar-refractivity contribution is -0.136. The van der Waals surface area contributed by atoms with Gasteiger partial charge >= 0.3 is 5.97 Å². The monoisotopic (exact) mass is 449 g/mol. The number of benzene rings is 3. The van der Waals surface area contributed by atoms with E-state index in [-0.39, 0.29) is 17.9 Å². The van der Waals surface area contributed by atoms with Crippen molar-refractivity contribution in [1.82, 2.24) is 0 Å². The number of para-hydroxylation sites is 1. The Bertz CT molecular complexity index is 1020. The van der Waals surface area contributed by atoms with Gasteiger partial charge in [-0.2, -0.15) is 0 Å². The number of hydrogen-bond donors (Lipinski definition) is 0. The molecule has 0 saturated heterocycles. The van der Waals surface area contributed by atoms with Crippen LogP contribution in [-0.2, 0) is 4.79 Å². The van der Waals surface area contributed by atoms with Gasteiger partial charge in [0.25, 0.3) is 0 Å². The topological polar surface area (TPSA) is 29.5 Å².